The van der Waals surface area contributed by atoms with Crippen molar-refractivity contribution >= 4 is 55.5 Å². The Balaban J connectivity index is 1.66. The van der Waals surface area contributed by atoms with E-state index in [0.29, 0.717) is 19.6 Å². The van der Waals surface area contributed by atoms with Gasteiger partial charge in [-0.2, -0.15) is 0 Å². The van der Waals surface area contributed by atoms with Crippen LogP contribution in [0.15, 0.2) is 48.5 Å². The Kier molecular flexibility index (Phi) is 3.46. The van der Waals surface area contributed by atoms with Gasteiger partial charge < -0.3 is 24.9 Å². The van der Waals surface area contributed by atoms with E-state index in [1.165, 1.54) is 0 Å². The summed E-state index contributed by atoms with van der Waals surface area (Å²) in [6.45, 7) is 2.61. The third kappa shape index (κ3) is 2.08. The minimum atomic E-state index is -1.14. The number of nitrogens with one attached hydrogen (secondary N) is 1. The SMILES string of the molecule is CCOC(=O)C1(N)CC2CC1n1c3ccccc3c3c4c(c5c6ccccc6n2c5c31)C(=O)NC4. The van der Waals surface area contributed by atoms with Crippen LogP contribution in [0.5, 0.6) is 0 Å². The van der Waals surface area contributed by atoms with Gasteiger partial charge in [-0.3, -0.25) is 4.79 Å². The first-order chi connectivity index (χ1) is 17.0. The molecular formula is C28H24N4O3. The molecule has 1 fully saturated rings. The number of nitrogens with zero attached hydrogens (tertiary/aromatic N) is 2. The summed E-state index contributed by atoms with van der Waals surface area (Å²) in [5, 5.41) is 7.34. The van der Waals surface area contributed by atoms with Crippen LogP contribution in [0.1, 0.15) is 47.8 Å². The van der Waals surface area contributed by atoms with E-state index >= 15 is 0 Å². The number of benzene rings is 3. The van der Waals surface area contributed by atoms with Crippen molar-refractivity contribution in [1.29, 1.82) is 0 Å². The molecule has 2 bridgehead atoms. The van der Waals surface area contributed by atoms with Gasteiger partial charge in [-0.1, -0.05) is 36.4 Å². The lowest BCUT2D eigenvalue weighted by molar-refractivity contribution is -0.150. The normalized spacial score (nSPS) is 24.6. The van der Waals surface area contributed by atoms with Gasteiger partial charge in [-0.15, -0.1) is 0 Å². The fourth-order valence-electron chi connectivity index (χ4n) is 7.31. The summed E-state index contributed by atoms with van der Waals surface area (Å²) in [4.78, 5) is 26.6. The molecule has 3 aromatic carbocycles. The standard InChI is InChI=1S/C28H24N4O3/c1-2-35-27(34)28(29)12-14-11-20(28)32-19-10-6-3-7-15(19)21-17-13-30-26(33)23(17)22-16-8-4-5-9-18(16)31(14)25(22)24(21)32/h3-10,14,20H,2,11-13,29H2,1H3,(H,30,33). The quantitative estimate of drug-likeness (QED) is 0.381. The third-order valence-corrected chi connectivity index (χ3v) is 8.55. The van der Waals surface area contributed by atoms with Crippen molar-refractivity contribution in [3.63, 3.8) is 0 Å². The van der Waals surface area contributed by atoms with Crippen molar-refractivity contribution in [2.75, 3.05) is 6.61 Å². The first-order valence-corrected chi connectivity index (χ1v) is 12.3. The van der Waals surface area contributed by atoms with Crippen LogP contribution in [-0.4, -0.2) is 33.2 Å². The molecule has 3 atom stereocenters. The van der Waals surface area contributed by atoms with Gasteiger partial charge in [-0.05, 0) is 37.5 Å². The smallest absolute Gasteiger partial charge is 0.328 e. The maximum absolute atomic E-state index is 13.4. The van der Waals surface area contributed by atoms with Crippen molar-refractivity contribution in [2.45, 2.75) is 43.9 Å². The highest BCUT2D eigenvalue weighted by Crippen LogP contribution is 2.56. The van der Waals surface area contributed by atoms with Crippen LogP contribution in [0.4, 0.5) is 0 Å². The summed E-state index contributed by atoms with van der Waals surface area (Å²) in [5.41, 5.74) is 12.0. The molecule has 174 valence electrons. The minimum Gasteiger partial charge on any atom is -0.465 e. The highest BCUT2D eigenvalue weighted by molar-refractivity contribution is 6.31. The highest BCUT2D eigenvalue weighted by Gasteiger charge is 2.55. The molecule has 3 unspecified atom stereocenters. The van der Waals surface area contributed by atoms with Crippen LogP contribution in [0, 0.1) is 0 Å². The molecule has 1 amide bonds. The lowest BCUT2D eigenvalue weighted by atomic mass is 9.93. The van der Waals surface area contributed by atoms with E-state index in [9.17, 15) is 9.59 Å². The monoisotopic (exact) mass is 464 g/mol. The molecule has 3 aliphatic rings. The van der Waals surface area contributed by atoms with E-state index in [4.69, 9.17) is 10.5 Å². The van der Waals surface area contributed by atoms with Gasteiger partial charge in [0.05, 0.1) is 29.2 Å². The number of nitrogens with two attached hydrogens (primary N) is 1. The topological polar surface area (TPSA) is 91.3 Å². The van der Waals surface area contributed by atoms with Crippen molar-refractivity contribution in [3.8, 4) is 0 Å². The van der Waals surface area contributed by atoms with E-state index in [-0.39, 0.29) is 24.0 Å². The summed E-state index contributed by atoms with van der Waals surface area (Å²) in [6.07, 6.45) is 1.21. The van der Waals surface area contributed by atoms with Gasteiger partial charge >= 0.3 is 5.97 Å². The first kappa shape index (κ1) is 19.5. The molecule has 35 heavy (non-hydrogen) atoms. The molecule has 7 heteroatoms. The number of amides is 1. The number of hydrogen-bond acceptors (Lipinski definition) is 4. The zero-order chi connectivity index (χ0) is 23.6. The van der Waals surface area contributed by atoms with Crippen molar-refractivity contribution in [2.24, 2.45) is 5.73 Å². The largest absolute Gasteiger partial charge is 0.465 e. The second-order valence-electron chi connectivity index (χ2n) is 10.1. The molecule has 0 radical (unpaired) electrons. The summed E-state index contributed by atoms with van der Waals surface area (Å²) in [6, 6.07) is 16.3. The molecule has 3 N–H and O–H groups in total. The molecule has 2 aliphatic heterocycles. The van der Waals surface area contributed by atoms with Crippen molar-refractivity contribution < 1.29 is 14.3 Å². The number of carbonyl (C=O) groups excluding carboxylic acids is 2. The predicted molar refractivity (Wildman–Crippen MR) is 134 cm³/mol. The van der Waals surface area contributed by atoms with Crippen LogP contribution >= 0.6 is 0 Å². The van der Waals surface area contributed by atoms with Gasteiger partial charge in [0.2, 0.25) is 0 Å². The molecule has 8 rings (SSSR count). The molecule has 0 spiro atoms. The fourth-order valence-corrected chi connectivity index (χ4v) is 7.31. The third-order valence-electron chi connectivity index (χ3n) is 8.55. The number of ether oxygens (including phenoxy) is 1. The predicted octanol–water partition coefficient (Wildman–Crippen LogP) is 4.30. The van der Waals surface area contributed by atoms with Gasteiger partial charge in [0.15, 0.2) is 0 Å². The van der Waals surface area contributed by atoms with E-state index in [1.54, 1.807) is 0 Å². The van der Waals surface area contributed by atoms with Gasteiger partial charge in [0, 0.05) is 45.2 Å². The Morgan fingerprint density at radius 3 is 2.46 bits per heavy atom. The van der Waals surface area contributed by atoms with Crippen LogP contribution < -0.4 is 11.1 Å². The van der Waals surface area contributed by atoms with Crippen LogP contribution in [0.3, 0.4) is 0 Å². The Bertz CT molecular complexity index is 1790. The average Bonchev–Trinajstić information content (AvgIpc) is 3.56. The summed E-state index contributed by atoms with van der Waals surface area (Å²) < 4.78 is 10.2. The lowest BCUT2D eigenvalue weighted by Gasteiger charge is -2.32. The number of hydrogen-bond donors (Lipinski definition) is 2. The number of rotatable bonds is 2. The average molecular weight is 465 g/mol. The van der Waals surface area contributed by atoms with Gasteiger partial charge in [-0.25, -0.2) is 4.79 Å². The Hall–Kier alpha value is -3.84. The maximum atomic E-state index is 13.4. The van der Waals surface area contributed by atoms with Crippen LogP contribution in [-0.2, 0) is 16.1 Å². The minimum absolute atomic E-state index is 0.0150. The molecule has 1 saturated carbocycles. The number of esters is 1. The second kappa shape index (κ2) is 6.23. The zero-order valence-corrected chi connectivity index (χ0v) is 19.3. The summed E-state index contributed by atoms with van der Waals surface area (Å²) >= 11 is 0. The highest BCUT2D eigenvalue weighted by atomic mass is 16.5. The van der Waals surface area contributed by atoms with Gasteiger partial charge in [0.25, 0.3) is 5.91 Å². The summed E-state index contributed by atoms with van der Waals surface area (Å²) in [7, 11) is 0. The molecule has 7 nitrogen and oxygen atoms in total. The number of fused-ring (bicyclic) bond motifs is 13. The van der Waals surface area contributed by atoms with Crippen molar-refractivity contribution in [3.05, 3.63) is 59.7 Å². The molecule has 2 aromatic heterocycles. The van der Waals surface area contributed by atoms with Crippen molar-refractivity contribution in [1.82, 2.24) is 14.5 Å². The molecule has 1 aliphatic carbocycles. The van der Waals surface area contributed by atoms with E-state index < -0.39 is 5.54 Å². The van der Waals surface area contributed by atoms with E-state index in [0.717, 1.165) is 61.2 Å². The maximum Gasteiger partial charge on any atom is 0.328 e. The number of aromatic nitrogens is 2. The Morgan fingerprint density at radius 2 is 1.71 bits per heavy atom. The summed E-state index contributed by atoms with van der Waals surface area (Å²) in [5.74, 6) is -0.358. The molecule has 0 saturated heterocycles. The second-order valence-corrected chi connectivity index (χ2v) is 10.1. The Labute approximate surface area is 200 Å². The van der Waals surface area contributed by atoms with Crippen LogP contribution in [0.2, 0.25) is 0 Å². The molecule has 5 aromatic rings. The fraction of sp³-hybridized carbons (Fsp3) is 0.286. The molecule has 4 heterocycles. The number of para-hydroxylation sites is 2. The van der Waals surface area contributed by atoms with Gasteiger partial charge in [0.1, 0.15) is 5.54 Å². The number of carbonyl (C=O) groups is 2. The zero-order valence-electron chi connectivity index (χ0n) is 19.3. The van der Waals surface area contributed by atoms with E-state index in [2.05, 4.69) is 38.7 Å². The molecular weight excluding hydrogens is 440 g/mol. The van der Waals surface area contributed by atoms with E-state index in [1.807, 2.05) is 31.2 Å². The lowest BCUT2D eigenvalue weighted by Crippen LogP contribution is -2.52. The van der Waals surface area contributed by atoms with Crippen LogP contribution in [0.25, 0.3) is 43.6 Å². The first-order valence-electron chi connectivity index (χ1n) is 12.3. The Morgan fingerprint density at radius 1 is 1.06 bits per heavy atom.